The van der Waals surface area contributed by atoms with Gasteiger partial charge in [-0.15, -0.1) is 0 Å². The Hall–Kier alpha value is -3.36. The van der Waals surface area contributed by atoms with Gasteiger partial charge in [0, 0.05) is 45.5 Å². The number of benzene rings is 1. The van der Waals surface area contributed by atoms with Crippen LogP contribution in [0, 0.1) is 0 Å². The van der Waals surface area contributed by atoms with Crippen molar-refractivity contribution < 1.29 is 19.1 Å². The largest absolute Gasteiger partial charge is 0.497 e. The normalized spacial score (nSPS) is 13.7. The number of carbonyl (C=O) groups excluding carboxylic acids is 2. The van der Waals surface area contributed by atoms with E-state index in [1.807, 2.05) is 24.3 Å². The van der Waals surface area contributed by atoms with Crippen LogP contribution in [-0.2, 0) is 4.79 Å². The van der Waals surface area contributed by atoms with Crippen LogP contribution >= 0.6 is 0 Å². The number of nitrogens with one attached hydrogen (secondary N) is 1. The molecule has 3 rings (SSSR count). The van der Waals surface area contributed by atoms with Crippen molar-refractivity contribution in [2.75, 3.05) is 51.8 Å². The average molecular weight is 399 g/mol. The van der Waals surface area contributed by atoms with E-state index >= 15 is 0 Å². The number of nitrogens with zero attached hydrogens (tertiary/aromatic N) is 4. The van der Waals surface area contributed by atoms with Gasteiger partial charge in [-0.05, 0) is 24.3 Å². The molecule has 0 bridgehead atoms. The number of rotatable bonds is 7. The van der Waals surface area contributed by atoms with Crippen LogP contribution in [0.5, 0.6) is 11.5 Å². The highest BCUT2D eigenvalue weighted by atomic mass is 16.5. The summed E-state index contributed by atoms with van der Waals surface area (Å²) in [4.78, 5) is 35.8. The predicted molar refractivity (Wildman–Crippen MR) is 107 cm³/mol. The van der Waals surface area contributed by atoms with Crippen molar-refractivity contribution in [1.29, 1.82) is 0 Å². The van der Waals surface area contributed by atoms with Gasteiger partial charge in [0.25, 0.3) is 5.91 Å². The fourth-order valence-electron chi connectivity index (χ4n) is 2.94. The van der Waals surface area contributed by atoms with Crippen LogP contribution in [-0.4, -0.2) is 78.0 Å². The summed E-state index contributed by atoms with van der Waals surface area (Å²) in [7, 11) is 1.62. The number of hydrogen-bond donors (Lipinski definition) is 1. The summed E-state index contributed by atoms with van der Waals surface area (Å²) >= 11 is 0. The minimum atomic E-state index is -0.123. The first-order chi connectivity index (χ1) is 14.1. The summed E-state index contributed by atoms with van der Waals surface area (Å²) in [5.41, 5.74) is 0.432. The molecule has 2 heterocycles. The van der Waals surface area contributed by atoms with Crippen molar-refractivity contribution in [3.8, 4) is 11.5 Å². The number of carbonyl (C=O) groups is 2. The molecule has 1 aromatic carbocycles. The van der Waals surface area contributed by atoms with Crippen molar-refractivity contribution in [3.63, 3.8) is 0 Å². The minimum absolute atomic E-state index is 0.0341. The molecule has 1 aromatic heterocycles. The van der Waals surface area contributed by atoms with Gasteiger partial charge < -0.3 is 24.6 Å². The summed E-state index contributed by atoms with van der Waals surface area (Å²) < 4.78 is 10.7. The lowest BCUT2D eigenvalue weighted by Crippen LogP contribution is -2.50. The standard InChI is InChI=1S/C20H25N5O4/c1-15(26)24-8-10-25(11-9-24)19(27)16-13-22-20(23-14-16)21-7-12-29-18-5-3-17(28-2)4-6-18/h3-6,13-14H,7-12H2,1-2H3,(H,21,22,23). The molecule has 154 valence electrons. The summed E-state index contributed by atoms with van der Waals surface area (Å²) in [6.07, 6.45) is 3.03. The highest BCUT2D eigenvalue weighted by Gasteiger charge is 2.23. The van der Waals surface area contributed by atoms with Gasteiger partial charge in [-0.25, -0.2) is 9.97 Å². The third-order valence-electron chi connectivity index (χ3n) is 4.62. The highest BCUT2D eigenvalue weighted by Crippen LogP contribution is 2.16. The molecule has 1 aliphatic rings. The van der Waals surface area contributed by atoms with E-state index in [1.54, 1.807) is 23.8 Å². The Balaban J connectivity index is 1.42. The first-order valence-corrected chi connectivity index (χ1v) is 9.44. The second-order valence-corrected chi connectivity index (χ2v) is 6.54. The monoisotopic (exact) mass is 399 g/mol. The predicted octanol–water partition coefficient (Wildman–Crippen LogP) is 1.28. The average Bonchev–Trinajstić information content (AvgIpc) is 2.77. The zero-order chi connectivity index (χ0) is 20.6. The first kappa shape index (κ1) is 20.4. The number of hydrogen-bond acceptors (Lipinski definition) is 7. The molecule has 1 fully saturated rings. The fraction of sp³-hybridized carbons (Fsp3) is 0.400. The Morgan fingerprint density at radius 1 is 1.00 bits per heavy atom. The highest BCUT2D eigenvalue weighted by molar-refractivity contribution is 5.93. The van der Waals surface area contributed by atoms with Crippen molar-refractivity contribution in [2.45, 2.75) is 6.92 Å². The smallest absolute Gasteiger partial charge is 0.257 e. The van der Waals surface area contributed by atoms with Gasteiger partial charge >= 0.3 is 0 Å². The van der Waals surface area contributed by atoms with E-state index in [-0.39, 0.29) is 11.8 Å². The van der Waals surface area contributed by atoms with E-state index in [2.05, 4.69) is 15.3 Å². The molecule has 2 aromatic rings. The van der Waals surface area contributed by atoms with E-state index < -0.39 is 0 Å². The molecule has 1 saturated heterocycles. The van der Waals surface area contributed by atoms with Gasteiger partial charge in [0.05, 0.1) is 19.2 Å². The van der Waals surface area contributed by atoms with Crippen LogP contribution in [0.2, 0.25) is 0 Å². The molecule has 9 heteroatoms. The summed E-state index contributed by atoms with van der Waals surface area (Å²) in [6.45, 7) is 4.63. The van der Waals surface area contributed by atoms with Crippen LogP contribution in [0.25, 0.3) is 0 Å². The second-order valence-electron chi connectivity index (χ2n) is 6.54. The van der Waals surface area contributed by atoms with E-state index in [1.165, 1.54) is 12.4 Å². The van der Waals surface area contributed by atoms with E-state index in [0.29, 0.717) is 50.8 Å². The first-order valence-electron chi connectivity index (χ1n) is 9.44. The molecule has 1 N–H and O–H groups in total. The lowest BCUT2D eigenvalue weighted by Gasteiger charge is -2.34. The van der Waals surface area contributed by atoms with E-state index in [4.69, 9.17) is 9.47 Å². The maximum Gasteiger partial charge on any atom is 0.257 e. The molecule has 29 heavy (non-hydrogen) atoms. The second kappa shape index (κ2) is 9.72. The third kappa shape index (κ3) is 5.56. The van der Waals surface area contributed by atoms with Crippen LogP contribution in [0.1, 0.15) is 17.3 Å². The van der Waals surface area contributed by atoms with Crippen molar-refractivity contribution in [3.05, 3.63) is 42.2 Å². The number of piperazine rings is 1. The number of methoxy groups -OCH3 is 1. The Morgan fingerprint density at radius 3 is 2.17 bits per heavy atom. The maximum absolute atomic E-state index is 12.5. The number of aromatic nitrogens is 2. The fourth-order valence-corrected chi connectivity index (χ4v) is 2.94. The Kier molecular flexibility index (Phi) is 6.83. The van der Waals surface area contributed by atoms with Gasteiger partial charge in [0.1, 0.15) is 18.1 Å². The maximum atomic E-state index is 12.5. The molecular formula is C20H25N5O4. The quantitative estimate of drug-likeness (QED) is 0.701. The topological polar surface area (TPSA) is 96.9 Å². The van der Waals surface area contributed by atoms with Gasteiger partial charge in [-0.1, -0.05) is 0 Å². The zero-order valence-corrected chi connectivity index (χ0v) is 16.6. The molecule has 0 radical (unpaired) electrons. The number of ether oxygens (including phenoxy) is 2. The lowest BCUT2D eigenvalue weighted by atomic mass is 10.2. The van der Waals surface area contributed by atoms with E-state index in [9.17, 15) is 9.59 Å². The SMILES string of the molecule is COc1ccc(OCCNc2ncc(C(=O)N3CCN(C(C)=O)CC3)cn2)cc1. The Bertz CT molecular complexity index is 818. The molecule has 0 saturated carbocycles. The summed E-state index contributed by atoms with van der Waals surface area (Å²) in [5.74, 6) is 1.87. The zero-order valence-electron chi connectivity index (χ0n) is 16.6. The van der Waals surface area contributed by atoms with Gasteiger partial charge in [0.15, 0.2) is 0 Å². The molecule has 0 atom stereocenters. The minimum Gasteiger partial charge on any atom is -0.497 e. The summed E-state index contributed by atoms with van der Waals surface area (Å²) in [5, 5.41) is 3.06. The Morgan fingerprint density at radius 2 is 1.59 bits per heavy atom. The molecule has 2 amide bonds. The van der Waals surface area contributed by atoms with Crippen molar-refractivity contribution in [2.24, 2.45) is 0 Å². The van der Waals surface area contributed by atoms with Crippen LogP contribution < -0.4 is 14.8 Å². The lowest BCUT2D eigenvalue weighted by molar-refractivity contribution is -0.130. The Labute approximate surface area is 169 Å². The summed E-state index contributed by atoms with van der Waals surface area (Å²) in [6, 6.07) is 7.35. The molecule has 0 unspecified atom stereocenters. The van der Waals surface area contributed by atoms with Gasteiger partial charge in [0.2, 0.25) is 11.9 Å². The number of anilines is 1. The molecule has 1 aliphatic heterocycles. The van der Waals surface area contributed by atoms with Crippen molar-refractivity contribution in [1.82, 2.24) is 19.8 Å². The molecule has 0 aliphatic carbocycles. The van der Waals surface area contributed by atoms with Gasteiger partial charge in [-0.3, -0.25) is 9.59 Å². The third-order valence-corrected chi connectivity index (χ3v) is 4.62. The van der Waals surface area contributed by atoms with Crippen molar-refractivity contribution >= 4 is 17.8 Å². The molecule has 9 nitrogen and oxygen atoms in total. The molecular weight excluding hydrogens is 374 g/mol. The molecule has 0 spiro atoms. The van der Waals surface area contributed by atoms with Gasteiger partial charge in [-0.2, -0.15) is 0 Å². The van der Waals surface area contributed by atoms with Crippen LogP contribution in [0.15, 0.2) is 36.7 Å². The van der Waals surface area contributed by atoms with Crippen LogP contribution in [0.4, 0.5) is 5.95 Å². The van der Waals surface area contributed by atoms with E-state index in [0.717, 1.165) is 11.5 Å². The number of amides is 2. The van der Waals surface area contributed by atoms with Crippen LogP contribution in [0.3, 0.4) is 0 Å².